The fraction of sp³-hybridized carbons (Fsp3) is 0.783. The van der Waals surface area contributed by atoms with Crippen LogP contribution in [0.5, 0.6) is 0 Å². The number of carbonyl (C=O) groups is 5. The van der Waals surface area contributed by atoms with E-state index in [4.69, 9.17) is 10.5 Å². The third kappa shape index (κ3) is 10.4. The van der Waals surface area contributed by atoms with Crippen molar-refractivity contribution in [2.75, 3.05) is 6.54 Å². The highest BCUT2D eigenvalue weighted by Gasteiger charge is 2.36. The molecular formula is C23H39F2N5O6. The fourth-order valence-corrected chi connectivity index (χ4v) is 3.88. The molecule has 36 heavy (non-hydrogen) atoms. The Hall–Kier alpha value is -2.83. The number of nitrogens with one attached hydrogen (secondary N) is 4. The second kappa shape index (κ2) is 13.5. The van der Waals surface area contributed by atoms with Crippen molar-refractivity contribution in [3.8, 4) is 0 Å². The van der Waals surface area contributed by atoms with Gasteiger partial charge in [0.2, 0.25) is 23.6 Å². The molecule has 0 aromatic carbocycles. The van der Waals surface area contributed by atoms with Gasteiger partial charge in [0.05, 0.1) is 11.7 Å². The molecular weight excluding hydrogens is 480 g/mol. The van der Waals surface area contributed by atoms with Crippen LogP contribution in [0.3, 0.4) is 0 Å². The van der Waals surface area contributed by atoms with Gasteiger partial charge in [0.25, 0.3) is 5.91 Å². The van der Waals surface area contributed by atoms with Crippen LogP contribution in [0.1, 0.15) is 60.8 Å². The molecule has 1 rings (SSSR count). The highest BCUT2D eigenvalue weighted by Crippen LogP contribution is 2.17. The number of carbonyl (C=O) groups excluding carboxylic acids is 5. The molecule has 0 saturated carbocycles. The summed E-state index contributed by atoms with van der Waals surface area (Å²) in [6, 6.07) is -3.86. The summed E-state index contributed by atoms with van der Waals surface area (Å²) in [6.45, 7) is 10.6. The van der Waals surface area contributed by atoms with Crippen LogP contribution in [0.2, 0.25) is 0 Å². The van der Waals surface area contributed by atoms with Crippen molar-refractivity contribution in [2.45, 2.75) is 97.1 Å². The molecule has 0 bridgehead atoms. The number of nitrogens with two attached hydrogens (primary N) is 1. The lowest BCUT2D eigenvalue weighted by Gasteiger charge is -2.32. The molecule has 1 saturated heterocycles. The van der Waals surface area contributed by atoms with E-state index in [-0.39, 0.29) is 24.7 Å². The third-order valence-electron chi connectivity index (χ3n) is 5.47. The zero-order valence-corrected chi connectivity index (χ0v) is 21.7. The molecule has 0 unspecified atom stereocenters. The van der Waals surface area contributed by atoms with Crippen molar-refractivity contribution in [2.24, 2.45) is 17.6 Å². The predicted molar refractivity (Wildman–Crippen MR) is 126 cm³/mol. The highest BCUT2D eigenvalue weighted by molar-refractivity contribution is 5.94. The molecule has 1 heterocycles. The molecule has 13 heteroatoms. The van der Waals surface area contributed by atoms with E-state index >= 15 is 0 Å². The number of hydrogen-bond acceptors (Lipinski definition) is 6. The SMILES string of the molecule is CC(C)C[C@H](NC(=O)[C@@H](NC(=O)C(F)F)[C@@H](C)OC(C)(C)C)C(=O)N[C@@H](C[C@@H]1CCNC1=O)C(N)=O. The van der Waals surface area contributed by atoms with Crippen LogP contribution in [0, 0.1) is 11.8 Å². The summed E-state index contributed by atoms with van der Waals surface area (Å²) in [7, 11) is 0. The zero-order chi connectivity index (χ0) is 27.8. The Balaban J connectivity index is 3.07. The highest BCUT2D eigenvalue weighted by atomic mass is 19.3. The Morgan fingerprint density at radius 3 is 2.06 bits per heavy atom. The number of hydrogen-bond donors (Lipinski definition) is 5. The molecule has 0 aromatic rings. The van der Waals surface area contributed by atoms with E-state index in [2.05, 4.69) is 16.0 Å². The van der Waals surface area contributed by atoms with Crippen LogP contribution in [0.15, 0.2) is 0 Å². The Kier molecular flexibility index (Phi) is 11.7. The van der Waals surface area contributed by atoms with E-state index in [0.29, 0.717) is 13.0 Å². The van der Waals surface area contributed by atoms with Crippen LogP contribution in [0.25, 0.3) is 0 Å². The summed E-state index contributed by atoms with van der Waals surface area (Å²) in [5, 5.41) is 9.59. The largest absolute Gasteiger partial charge is 0.370 e. The third-order valence-corrected chi connectivity index (χ3v) is 5.47. The molecule has 6 N–H and O–H groups in total. The first-order chi connectivity index (χ1) is 16.5. The number of halogens is 2. The smallest absolute Gasteiger partial charge is 0.315 e. The summed E-state index contributed by atoms with van der Waals surface area (Å²) in [6.07, 6.45) is -3.76. The first-order valence-electron chi connectivity index (χ1n) is 12.0. The van der Waals surface area contributed by atoms with Crippen molar-refractivity contribution in [1.29, 1.82) is 0 Å². The van der Waals surface area contributed by atoms with Gasteiger partial charge >= 0.3 is 6.43 Å². The van der Waals surface area contributed by atoms with E-state index in [1.165, 1.54) is 6.92 Å². The molecule has 1 aliphatic rings. The van der Waals surface area contributed by atoms with Gasteiger partial charge in [0, 0.05) is 12.5 Å². The average Bonchev–Trinajstić information content (AvgIpc) is 3.13. The quantitative estimate of drug-likeness (QED) is 0.229. The normalized spacial score (nSPS) is 19.3. The monoisotopic (exact) mass is 519 g/mol. The van der Waals surface area contributed by atoms with Crippen LogP contribution in [0.4, 0.5) is 8.78 Å². The molecule has 0 spiro atoms. The van der Waals surface area contributed by atoms with Crippen LogP contribution < -0.4 is 27.0 Å². The van der Waals surface area contributed by atoms with Gasteiger partial charge in [-0.3, -0.25) is 24.0 Å². The minimum Gasteiger partial charge on any atom is -0.370 e. The summed E-state index contributed by atoms with van der Waals surface area (Å²) in [4.78, 5) is 61.7. The number of ether oxygens (including phenoxy) is 1. The minimum atomic E-state index is -3.36. The first kappa shape index (κ1) is 31.2. The summed E-state index contributed by atoms with van der Waals surface area (Å²) < 4.78 is 31.5. The summed E-state index contributed by atoms with van der Waals surface area (Å²) >= 11 is 0. The Morgan fingerprint density at radius 2 is 1.61 bits per heavy atom. The van der Waals surface area contributed by atoms with Crippen molar-refractivity contribution < 1.29 is 37.5 Å². The molecule has 5 amide bonds. The lowest BCUT2D eigenvalue weighted by Crippen LogP contribution is -2.60. The topological polar surface area (TPSA) is 169 Å². The van der Waals surface area contributed by atoms with Gasteiger partial charge in [0.1, 0.15) is 18.1 Å². The first-order valence-corrected chi connectivity index (χ1v) is 12.0. The van der Waals surface area contributed by atoms with E-state index < -0.39 is 65.8 Å². The van der Waals surface area contributed by atoms with Gasteiger partial charge in [0.15, 0.2) is 0 Å². The molecule has 1 fully saturated rings. The molecule has 0 aromatic heterocycles. The Morgan fingerprint density at radius 1 is 1.03 bits per heavy atom. The van der Waals surface area contributed by atoms with E-state index in [0.717, 1.165) is 0 Å². The van der Waals surface area contributed by atoms with Gasteiger partial charge in [-0.05, 0) is 52.9 Å². The van der Waals surface area contributed by atoms with E-state index in [1.54, 1.807) is 34.6 Å². The fourth-order valence-electron chi connectivity index (χ4n) is 3.88. The maximum Gasteiger partial charge on any atom is 0.315 e. The van der Waals surface area contributed by atoms with E-state index in [1.807, 2.05) is 5.32 Å². The summed E-state index contributed by atoms with van der Waals surface area (Å²) in [5.74, 6) is -4.97. The second-order valence-corrected chi connectivity index (χ2v) is 10.4. The van der Waals surface area contributed by atoms with Gasteiger partial charge in [-0.25, -0.2) is 0 Å². The zero-order valence-electron chi connectivity index (χ0n) is 21.7. The Labute approximate surface area is 210 Å². The number of primary amides is 1. The van der Waals surface area contributed by atoms with Gasteiger partial charge in [-0.1, -0.05) is 13.8 Å². The summed E-state index contributed by atoms with van der Waals surface area (Å²) in [5.41, 5.74) is 4.67. The second-order valence-electron chi connectivity index (χ2n) is 10.4. The molecule has 0 aliphatic carbocycles. The van der Waals surface area contributed by atoms with Crippen LogP contribution in [-0.2, 0) is 28.7 Å². The maximum absolute atomic E-state index is 13.1. The van der Waals surface area contributed by atoms with E-state index in [9.17, 15) is 32.8 Å². The van der Waals surface area contributed by atoms with Gasteiger partial charge in [-0.15, -0.1) is 0 Å². The number of alkyl halides is 2. The molecule has 5 atom stereocenters. The molecule has 0 radical (unpaired) electrons. The lowest BCUT2D eigenvalue weighted by atomic mass is 9.96. The van der Waals surface area contributed by atoms with Crippen LogP contribution in [-0.4, -0.2) is 72.3 Å². The molecule has 206 valence electrons. The standard InChI is InChI=1S/C23H39F2N5O6/c1-11(2)9-15(20(33)28-14(18(26)31)10-13-7-8-27-19(13)32)29-21(34)16(30-22(35)17(24)25)12(3)36-23(4,5)6/h11-17H,7-10H2,1-6H3,(H2,26,31)(H,27,32)(H,28,33)(H,29,34)(H,30,35)/t12-,13+,14+,15+,16+/m1/s1. The predicted octanol–water partition coefficient (Wildman–Crippen LogP) is -0.0329. The van der Waals surface area contributed by atoms with Crippen molar-refractivity contribution in [1.82, 2.24) is 21.3 Å². The van der Waals surface area contributed by atoms with Crippen molar-refractivity contribution in [3.05, 3.63) is 0 Å². The number of rotatable bonds is 13. The van der Waals surface area contributed by atoms with Crippen molar-refractivity contribution in [3.63, 3.8) is 0 Å². The van der Waals surface area contributed by atoms with Gasteiger partial charge < -0.3 is 31.7 Å². The Bertz CT molecular complexity index is 817. The molecule has 1 aliphatic heterocycles. The minimum absolute atomic E-state index is 0.00121. The average molecular weight is 520 g/mol. The number of amides is 5. The molecule has 11 nitrogen and oxygen atoms in total. The van der Waals surface area contributed by atoms with Crippen molar-refractivity contribution >= 4 is 29.5 Å². The lowest BCUT2D eigenvalue weighted by molar-refractivity contribution is -0.143. The van der Waals surface area contributed by atoms with Gasteiger partial charge in [-0.2, -0.15) is 8.78 Å². The van der Waals surface area contributed by atoms with Crippen LogP contribution >= 0.6 is 0 Å². The maximum atomic E-state index is 13.1.